The van der Waals surface area contributed by atoms with Gasteiger partial charge in [0.2, 0.25) is 0 Å². The minimum Gasteiger partial charge on any atom is -0.481 e. The van der Waals surface area contributed by atoms with Crippen LogP contribution in [0.5, 0.6) is 0 Å². The van der Waals surface area contributed by atoms with Crippen molar-refractivity contribution in [1.82, 2.24) is 0 Å². The number of aryl methyl sites for hydroxylation is 1. The zero-order valence-electron chi connectivity index (χ0n) is 14.1. The molecule has 0 heterocycles. The Morgan fingerprint density at radius 2 is 1.80 bits per heavy atom. The van der Waals surface area contributed by atoms with Crippen LogP contribution in [-0.4, -0.2) is 23.0 Å². The summed E-state index contributed by atoms with van der Waals surface area (Å²) >= 11 is 0. The van der Waals surface area contributed by atoms with E-state index in [0.717, 1.165) is 16.7 Å². The maximum Gasteiger partial charge on any atom is 0.307 e. The molecule has 126 valence electrons. The van der Waals surface area contributed by atoms with Crippen LogP contribution < -0.4 is 0 Å². The van der Waals surface area contributed by atoms with Crippen molar-refractivity contribution >= 4 is 23.5 Å². The monoisotopic (exact) mass is 332 g/mol. The van der Waals surface area contributed by atoms with Crippen molar-refractivity contribution in [3.63, 3.8) is 0 Å². The minimum atomic E-state index is -0.794. The molecule has 1 aliphatic rings. The Kier molecular flexibility index (Phi) is 5.19. The van der Waals surface area contributed by atoms with E-state index < -0.39 is 11.9 Å². The molecule has 0 spiro atoms. The second-order valence-corrected chi connectivity index (χ2v) is 6.23. The Hall–Kier alpha value is -3.01. The average molecular weight is 332 g/mol. The number of aliphatic carboxylic acids is 1. The van der Waals surface area contributed by atoms with Crippen LogP contribution in [0.3, 0.4) is 0 Å². The molecule has 0 aliphatic heterocycles. The Bertz CT molecular complexity index is 834. The first-order valence-electron chi connectivity index (χ1n) is 8.27. The molecule has 3 rings (SSSR count). The van der Waals surface area contributed by atoms with Gasteiger partial charge in [-0.1, -0.05) is 60.2 Å². The Morgan fingerprint density at radius 3 is 2.48 bits per heavy atom. The number of benzene rings is 2. The number of nitrogens with zero attached hydrogens (tertiary/aromatic N) is 2. The highest BCUT2D eigenvalue weighted by molar-refractivity contribution is 6.05. The van der Waals surface area contributed by atoms with Crippen LogP contribution in [0.4, 0.5) is 0 Å². The van der Waals surface area contributed by atoms with Crippen molar-refractivity contribution < 1.29 is 9.90 Å². The van der Waals surface area contributed by atoms with E-state index in [4.69, 9.17) is 0 Å². The van der Waals surface area contributed by atoms with E-state index in [0.29, 0.717) is 18.6 Å². The molecular formula is C21H20N2O2. The second-order valence-electron chi connectivity index (χ2n) is 6.23. The van der Waals surface area contributed by atoms with Crippen molar-refractivity contribution in [1.29, 1.82) is 0 Å². The third-order valence-corrected chi connectivity index (χ3v) is 4.23. The molecular weight excluding hydrogens is 312 g/mol. The largest absolute Gasteiger partial charge is 0.481 e. The molecule has 0 amide bonds. The smallest absolute Gasteiger partial charge is 0.307 e. The van der Waals surface area contributed by atoms with Gasteiger partial charge in [-0.3, -0.25) is 4.79 Å². The highest BCUT2D eigenvalue weighted by Gasteiger charge is 2.26. The topological polar surface area (TPSA) is 62.0 Å². The summed E-state index contributed by atoms with van der Waals surface area (Å²) in [7, 11) is 0. The van der Waals surface area contributed by atoms with Gasteiger partial charge in [0.25, 0.3) is 0 Å². The first-order valence-corrected chi connectivity index (χ1v) is 8.27. The predicted molar refractivity (Wildman–Crippen MR) is 101 cm³/mol. The van der Waals surface area contributed by atoms with Gasteiger partial charge in [0.15, 0.2) is 0 Å². The molecule has 1 N–H and O–H groups in total. The first-order chi connectivity index (χ1) is 12.1. The van der Waals surface area contributed by atoms with Crippen LogP contribution in [0, 0.1) is 12.8 Å². The molecule has 0 saturated carbocycles. The molecule has 0 fully saturated rings. The molecule has 1 aliphatic carbocycles. The number of rotatable bonds is 4. The summed E-state index contributed by atoms with van der Waals surface area (Å²) in [5, 5.41) is 17.8. The third kappa shape index (κ3) is 4.51. The fourth-order valence-corrected chi connectivity index (χ4v) is 2.83. The molecule has 0 radical (unpaired) electrons. The van der Waals surface area contributed by atoms with Gasteiger partial charge in [-0.2, -0.15) is 10.2 Å². The summed E-state index contributed by atoms with van der Waals surface area (Å²) in [6, 6.07) is 17.8. The number of hydrogen-bond donors (Lipinski definition) is 1. The van der Waals surface area contributed by atoms with Gasteiger partial charge in [-0.15, -0.1) is 0 Å². The molecule has 0 bridgehead atoms. The molecule has 2 aromatic rings. The number of carboxylic acids is 1. The minimum absolute atomic E-state index is 0.400. The maximum absolute atomic E-state index is 11.5. The van der Waals surface area contributed by atoms with E-state index >= 15 is 0 Å². The third-order valence-electron chi connectivity index (χ3n) is 4.23. The van der Waals surface area contributed by atoms with E-state index in [9.17, 15) is 9.90 Å². The lowest BCUT2D eigenvalue weighted by molar-refractivity contribution is -0.141. The standard InChI is InChI=1S/C21H20N2O2/c1-15-7-9-17(10-8-15)18-11-19(21(24)25)13-20(12-18)23-22-14-16-5-3-2-4-6-16/h2-10,12,14,19H,11,13H2,1H3,(H,24,25)/b22-14+,23-20-. The molecule has 25 heavy (non-hydrogen) atoms. The van der Waals surface area contributed by atoms with Gasteiger partial charge in [0.1, 0.15) is 0 Å². The van der Waals surface area contributed by atoms with Crippen LogP contribution in [0.1, 0.15) is 29.5 Å². The normalized spacial score (nSPS) is 19.2. The number of carboxylic acid groups (broad SMARTS) is 1. The molecule has 4 heteroatoms. The van der Waals surface area contributed by atoms with Crippen LogP contribution in [0.2, 0.25) is 0 Å². The van der Waals surface area contributed by atoms with Gasteiger partial charge in [-0.25, -0.2) is 0 Å². The van der Waals surface area contributed by atoms with Crippen molar-refractivity contribution in [2.45, 2.75) is 19.8 Å². The highest BCUT2D eigenvalue weighted by atomic mass is 16.4. The van der Waals surface area contributed by atoms with Crippen LogP contribution in [-0.2, 0) is 4.79 Å². The van der Waals surface area contributed by atoms with Crippen molar-refractivity contribution in [2.75, 3.05) is 0 Å². The molecule has 2 aromatic carbocycles. The Labute approximate surface area is 147 Å². The summed E-state index contributed by atoms with van der Waals surface area (Å²) in [6.45, 7) is 2.03. The first kappa shape index (κ1) is 16.8. The summed E-state index contributed by atoms with van der Waals surface area (Å²) < 4.78 is 0. The van der Waals surface area contributed by atoms with Crippen molar-refractivity contribution in [3.05, 3.63) is 77.4 Å². The lowest BCUT2D eigenvalue weighted by Crippen LogP contribution is -2.21. The van der Waals surface area contributed by atoms with Gasteiger partial charge in [0.05, 0.1) is 17.8 Å². The van der Waals surface area contributed by atoms with Gasteiger partial charge < -0.3 is 5.11 Å². The summed E-state index contributed by atoms with van der Waals surface area (Å²) in [6.07, 6.45) is 4.56. The second kappa shape index (κ2) is 7.71. The molecule has 1 atom stereocenters. The Morgan fingerprint density at radius 1 is 1.08 bits per heavy atom. The van der Waals surface area contributed by atoms with Crippen LogP contribution >= 0.6 is 0 Å². The zero-order chi connectivity index (χ0) is 17.6. The quantitative estimate of drug-likeness (QED) is 0.668. The Balaban J connectivity index is 1.87. The summed E-state index contributed by atoms with van der Waals surface area (Å²) in [5.41, 5.74) is 4.86. The van der Waals surface area contributed by atoms with E-state index in [-0.39, 0.29) is 0 Å². The van der Waals surface area contributed by atoms with Crippen LogP contribution in [0.15, 0.2) is 70.9 Å². The number of carbonyl (C=O) groups is 1. The molecule has 4 nitrogen and oxygen atoms in total. The number of hydrogen-bond acceptors (Lipinski definition) is 3. The molecule has 1 unspecified atom stereocenters. The van der Waals surface area contributed by atoms with E-state index in [2.05, 4.69) is 10.2 Å². The van der Waals surface area contributed by atoms with Gasteiger partial charge >= 0.3 is 5.97 Å². The van der Waals surface area contributed by atoms with E-state index in [1.165, 1.54) is 5.56 Å². The van der Waals surface area contributed by atoms with Crippen LogP contribution in [0.25, 0.3) is 5.57 Å². The molecule has 0 aromatic heterocycles. The summed E-state index contributed by atoms with van der Waals surface area (Å²) in [5.74, 6) is -1.26. The number of allylic oxidation sites excluding steroid dienone is 2. The van der Waals surface area contributed by atoms with Crippen molar-refractivity contribution in [2.24, 2.45) is 16.1 Å². The molecule has 0 saturated heterocycles. The lowest BCUT2D eigenvalue weighted by atomic mass is 9.84. The van der Waals surface area contributed by atoms with Gasteiger partial charge in [-0.05, 0) is 36.1 Å². The highest BCUT2D eigenvalue weighted by Crippen LogP contribution is 2.30. The van der Waals surface area contributed by atoms with E-state index in [1.807, 2.05) is 67.6 Å². The van der Waals surface area contributed by atoms with Crippen molar-refractivity contribution in [3.8, 4) is 0 Å². The SMILES string of the molecule is Cc1ccc(C2=C/C(=N/N=C/c3ccccc3)CC(C(=O)O)C2)cc1. The van der Waals surface area contributed by atoms with E-state index in [1.54, 1.807) is 6.21 Å². The fraction of sp³-hybridized carbons (Fsp3) is 0.190. The predicted octanol–water partition coefficient (Wildman–Crippen LogP) is 4.35. The fourth-order valence-electron chi connectivity index (χ4n) is 2.83. The lowest BCUT2D eigenvalue weighted by Gasteiger charge is -2.20. The maximum atomic E-state index is 11.5. The average Bonchev–Trinajstić information content (AvgIpc) is 2.63. The zero-order valence-corrected chi connectivity index (χ0v) is 14.1. The summed E-state index contributed by atoms with van der Waals surface area (Å²) in [4.78, 5) is 11.5. The van der Waals surface area contributed by atoms with Gasteiger partial charge in [0, 0.05) is 6.42 Å².